The lowest BCUT2D eigenvalue weighted by Gasteiger charge is -2.33. The number of ketones is 1. The molecule has 1 N–H and O–H groups in total. The SMILES string of the molecule is O=C1CC(c2ccccc2)NC2=CC=CCC12. The highest BCUT2D eigenvalue weighted by atomic mass is 16.1. The summed E-state index contributed by atoms with van der Waals surface area (Å²) >= 11 is 0. The number of piperidine rings is 1. The first-order valence-corrected chi connectivity index (χ1v) is 6.05. The molecule has 0 bridgehead atoms. The Kier molecular flexibility index (Phi) is 2.56. The molecule has 86 valence electrons. The topological polar surface area (TPSA) is 29.1 Å². The zero-order valence-electron chi connectivity index (χ0n) is 9.60. The summed E-state index contributed by atoms with van der Waals surface area (Å²) in [7, 11) is 0. The van der Waals surface area contributed by atoms with Gasteiger partial charge >= 0.3 is 0 Å². The minimum atomic E-state index is 0.0694. The average Bonchev–Trinajstić information content (AvgIpc) is 2.40. The van der Waals surface area contributed by atoms with Gasteiger partial charge in [-0.25, -0.2) is 0 Å². The van der Waals surface area contributed by atoms with Crippen molar-refractivity contribution < 1.29 is 4.79 Å². The van der Waals surface area contributed by atoms with Crippen LogP contribution in [0.1, 0.15) is 24.4 Å². The second kappa shape index (κ2) is 4.21. The van der Waals surface area contributed by atoms with E-state index in [1.165, 1.54) is 5.56 Å². The smallest absolute Gasteiger partial charge is 0.144 e. The second-order valence-corrected chi connectivity index (χ2v) is 4.62. The minimum Gasteiger partial charge on any atom is -0.380 e. The van der Waals surface area contributed by atoms with Gasteiger partial charge in [-0.05, 0) is 18.1 Å². The van der Waals surface area contributed by atoms with Crippen LogP contribution >= 0.6 is 0 Å². The summed E-state index contributed by atoms with van der Waals surface area (Å²) in [6.45, 7) is 0. The van der Waals surface area contributed by atoms with Crippen LogP contribution in [-0.4, -0.2) is 5.78 Å². The van der Waals surface area contributed by atoms with Gasteiger partial charge < -0.3 is 5.32 Å². The summed E-state index contributed by atoms with van der Waals surface area (Å²) in [5.41, 5.74) is 2.27. The Morgan fingerprint density at radius 1 is 1.18 bits per heavy atom. The van der Waals surface area contributed by atoms with E-state index < -0.39 is 0 Å². The van der Waals surface area contributed by atoms with Gasteiger partial charge in [0, 0.05) is 12.1 Å². The number of Topliss-reactive ketones (excluding diaryl/α,β-unsaturated/α-hetero) is 1. The number of benzene rings is 1. The van der Waals surface area contributed by atoms with Crippen LogP contribution in [0.2, 0.25) is 0 Å². The zero-order valence-corrected chi connectivity index (χ0v) is 9.60. The number of hydrogen-bond acceptors (Lipinski definition) is 2. The summed E-state index contributed by atoms with van der Waals surface area (Å²) in [5, 5.41) is 3.49. The van der Waals surface area contributed by atoms with Gasteiger partial charge in [-0.2, -0.15) is 0 Å². The van der Waals surface area contributed by atoms with Gasteiger partial charge in [0.1, 0.15) is 5.78 Å². The maximum Gasteiger partial charge on any atom is 0.144 e. The van der Waals surface area contributed by atoms with E-state index in [1.807, 2.05) is 30.4 Å². The largest absolute Gasteiger partial charge is 0.380 e. The van der Waals surface area contributed by atoms with Crippen molar-refractivity contribution in [1.82, 2.24) is 5.32 Å². The standard InChI is InChI=1S/C15H15NO/c17-15-10-14(11-6-2-1-3-7-11)16-13-9-5-4-8-12(13)15/h1-7,9,12,14,16H,8,10H2. The van der Waals surface area contributed by atoms with E-state index in [2.05, 4.69) is 23.5 Å². The van der Waals surface area contributed by atoms with Crippen molar-refractivity contribution in [2.75, 3.05) is 0 Å². The van der Waals surface area contributed by atoms with Crippen LogP contribution in [0.25, 0.3) is 0 Å². The molecule has 3 rings (SSSR count). The molecule has 0 amide bonds. The first-order chi connectivity index (χ1) is 8.34. The predicted octanol–water partition coefficient (Wildman–Crippen LogP) is 2.75. The van der Waals surface area contributed by atoms with Crippen LogP contribution in [0.4, 0.5) is 0 Å². The Morgan fingerprint density at radius 3 is 2.82 bits per heavy atom. The molecule has 2 unspecified atom stereocenters. The van der Waals surface area contributed by atoms with E-state index in [0.717, 1.165) is 12.1 Å². The lowest BCUT2D eigenvalue weighted by molar-refractivity contribution is -0.123. The van der Waals surface area contributed by atoms with Gasteiger partial charge in [-0.15, -0.1) is 0 Å². The van der Waals surface area contributed by atoms with Crippen LogP contribution in [0.5, 0.6) is 0 Å². The normalized spacial score (nSPS) is 27.1. The first kappa shape index (κ1) is 10.3. The van der Waals surface area contributed by atoms with Crippen molar-refractivity contribution >= 4 is 5.78 Å². The van der Waals surface area contributed by atoms with Crippen molar-refractivity contribution in [2.24, 2.45) is 5.92 Å². The molecule has 17 heavy (non-hydrogen) atoms. The third-order valence-electron chi connectivity index (χ3n) is 3.50. The van der Waals surface area contributed by atoms with Gasteiger partial charge in [0.05, 0.1) is 12.0 Å². The molecule has 1 saturated heterocycles. The molecular formula is C15H15NO. The number of fused-ring (bicyclic) bond motifs is 1. The highest BCUT2D eigenvalue weighted by molar-refractivity contribution is 5.86. The summed E-state index contributed by atoms with van der Waals surface area (Å²) in [6.07, 6.45) is 7.57. The molecule has 1 aliphatic carbocycles. The van der Waals surface area contributed by atoms with E-state index in [9.17, 15) is 4.79 Å². The molecule has 0 radical (unpaired) electrons. The Bertz CT molecular complexity index is 487. The van der Waals surface area contributed by atoms with Gasteiger partial charge in [0.15, 0.2) is 0 Å². The zero-order chi connectivity index (χ0) is 11.7. The molecule has 1 fully saturated rings. The molecule has 2 aliphatic rings. The van der Waals surface area contributed by atoms with Crippen molar-refractivity contribution in [3.05, 3.63) is 59.8 Å². The average molecular weight is 225 g/mol. The number of carbonyl (C=O) groups excluding carboxylic acids is 1. The molecule has 2 heteroatoms. The summed E-state index contributed by atoms with van der Waals surface area (Å²) in [5.74, 6) is 0.424. The molecule has 1 aromatic carbocycles. The Morgan fingerprint density at radius 2 is 2.00 bits per heavy atom. The van der Waals surface area contributed by atoms with Crippen LogP contribution in [0.3, 0.4) is 0 Å². The number of hydrogen-bond donors (Lipinski definition) is 1. The number of carbonyl (C=O) groups is 1. The summed E-state index contributed by atoms with van der Waals surface area (Å²) < 4.78 is 0. The molecule has 0 spiro atoms. The van der Waals surface area contributed by atoms with Crippen molar-refractivity contribution in [3.63, 3.8) is 0 Å². The number of nitrogens with one attached hydrogen (secondary N) is 1. The quantitative estimate of drug-likeness (QED) is 0.796. The monoisotopic (exact) mass is 225 g/mol. The fourth-order valence-corrected chi connectivity index (χ4v) is 2.57. The molecule has 0 aromatic heterocycles. The maximum absolute atomic E-state index is 12.1. The molecule has 1 aromatic rings. The van der Waals surface area contributed by atoms with E-state index in [-0.39, 0.29) is 12.0 Å². The van der Waals surface area contributed by atoms with Gasteiger partial charge in [0.25, 0.3) is 0 Å². The third kappa shape index (κ3) is 1.91. The molecule has 1 heterocycles. The minimum absolute atomic E-state index is 0.0694. The van der Waals surface area contributed by atoms with Crippen LogP contribution in [-0.2, 0) is 4.79 Å². The van der Waals surface area contributed by atoms with Crippen LogP contribution in [0, 0.1) is 5.92 Å². The lowest BCUT2D eigenvalue weighted by Crippen LogP contribution is -2.37. The predicted molar refractivity (Wildman–Crippen MR) is 67.3 cm³/mol. The highest BCUT2D eigenvalue weighted by Crippen LogP contribution is 2.32. The molecular weight excluding hydrogens is 210 g/mol. The third-order valence-corrected chi connectivity index (χ3v) is 3.50. The summed E-state index contributed by atoms with van der Waals surface area (Å²) in [4.78, 5) is 12.1. The van der Waals surface area contributed by atoms with Gasteiger partial charge in [-0.3, -0.25) is 4.79 Å². The highest BCUT2D eigenvalue weighted by Gasteiger charge is 2.32. The fraction of sp³-hybridized carbons (Fsp3) is 0.267. The van der Waals surface area contributed by atoms with E-state index in [1.54, 1.807) is 0 Å². The second-order valence-electron chi connectivity index (χ2n) is 4.62. The first-order valence-electron chi connectivity index (χ1n) is 6.05. The van der Waals surface area contributed by atoms with Crippen LogP contribution < -0.4 is 5.32 Å². The van der Waals surface area contributed by atoms with Gasteiger partial charge in [0.2, 0.25) is 0 Å². The molecule has 2 nitrogen and oxygen atoms in total. The Hall–Kier alpha value is -1.83. The number of rotatable bonds is 1. The van der Waals surface area contributed by atoms with Crippen molar-refractivity contribution in [1.29, 1.82) is 0 Å². The summed E-state index contributed by atoms with van der Waals surface area (Å²) in [6, 6.07) is 10.3. The van der Waals surface area contributed by atoms with E-state index in [4.69, 9.17) is 0 Å². The Labute approximate surface area is 101 Å². The molecule has 0 saturated carbocycles. The molecule has 1 aliphatic heterocycles. The van der Waals surface area contributed by atoms with E-state index >= 15 is 0 Å². The van der Waals surface area contributed by atoms with Gasteiger partial charge in [-0.1, -0.05) is 42.5 Å². The lowest BCUT2D eigenvalue weighted by atomic mass is 9.83. The molecule has 2 atom stereocenters. The van der Waals surface area contributed by atoms with Crippen LogP contribution in [0.15, 0.2) is 54.3 Å². The maximum atomic E-state index is 12.1. The van der Waals surface area contributed by atoms with Crippen molar-refractivity contribution in [2.45, 2.75) is 18.9 Å². The van der Waals surface area contributed by atoms with E-state index in [0.29, 0.717) is 12.2 Å². The number of allylic oxidation sites excluding steroid dienone is 4. The van der Waals surface area contributed by atoms with Crippen molar-refractivity contribution in [3.8, 4) is 0 Å². The fourth-order valence-electron chi connectivity index (χ4n) is 2.57. The Balaban J connectivity index is 1.88.